The summed E-state index contributed by atoms with van der Waals surface area (Å²) in [6, 6.07) is 8.53. The summed E-state index contributed by atoms with van der Waals surface area (Å²) in [7, 11) is 1.50. The molecule has 1 saturated heterocycles. The first kappa shape index (κ1) is 23.4. The van der Waals surface area contributed by atoms with Gasteiger partial charge < -0.3 is 15.3 Å². The van der Waals surface area contributed by atoms with Crippen LogP contribution in [0.3, 0.4) is 0 Å². The standard InChI is InChI=1S/C16H16Cl2N4O3.2ClH/c1-24-12-6-5-11(21(23)9-12)10-25-22-8-7-19-16(22)20-15-13(17)3-2-4-14(15)18;;/h2-6,9H,7-8,10H2,1H3,(H,19,20);2*1H. The highest BCUT2D eigenvalue weighted by molar-refractivity contribution is 6.38. The first-order chi connectivity index (χ1) is 12.1. The summed E-state index contributed by atoms with van der Waals surface area (Å²) in [5, 5.41) is 17.5. The molecule has 27 heavy (non-hydrogen) atoms. The molecule has 0 aliphatic carbocycles. The predicted octanol–water partition coefficient (Wildman–Crippen LogP) is 3.50. The molecule has 148 valence electrons. The molecular weight excluding hydrogens is 438 g/mol. The lowest BCUT2D eigenvalue weighted by Gasteiger charge is -2.17. The molecule has 1 N–H and O–H groups in total. The Balaban J connectivity index is 0.00000182. The fraction of sp³-hybridized carbons (Fsp3) is 0.250. The number of methoxy groups -OCH3 is 1. The van der Waals surface area contributed by atoms with E-state index in [-0.39, 0.29) is 31.4 Å². The van der Waals surface area contributed by atoms with Gasteiger partial charge in [-0.05, 0) is 18.2 Å². The van der Waals surface area contributed by atoms with Crippen molar-refractivity contribution in [1.82, 2.24) is 10.4 Å². The summed E-state index contributed by atoms with van der Waals surface area (Å²) < 4.78 is 5.72. The lowest BCUT2D eigenvalue weighted by molar-refractivity contribution is -0.617. The third kappa shape index (κ3) is 5.67. The Bertz CT molecular complexity index is 787. The van der Waals surface area contributed by atoms with E-state index in [4.69, 9.17) is 32.8 Å². The molecule has 1 fully saturated rings. The number of nitrogens with one attached hydrogen (secondary N) is 1. The quantitative estimate of drug-likeness (QED) is 0.551. The second kappa shape index (κ2) is 10.6. The van der Waals surface area contributed by atoms with Crippen molar-refractivity contribution in [2.24, 2.45) is 4.99 Å². The summed E-state index contributed by atoms with van der Waals surface area (Å²) in [4.78, 5) is 10.1. The highest BCUT2D eigenvalue weighted by Gasteiger charge is 2.21. The molecule has 11 heteroatoms. The van der Waals surface area contributed by atoms with Gasteiger partial charge >= 0.3 is 0 Å². The van der Waals surface area contributed by atoms with Crippen molar-refractivity contribution in [3.63, 3.8) is 0 Å². The molecule has 0 unspecified atom stereocenters. The third-order valence-electron chi connectivity index (χ3n) is 3.56. The van der Waals surface area contributed by atoms with Crippen LogP contribution in [-0.4, -0.2) is 31.2 Å². The van der Waals surface area contributed by atoms with Crippen LogP contribution in [0.5, 0.6) is 5.75 Å². The number of nitrogens with zero attached hydrogens (tertiary/aromatic N) is 3. The van der Waals surface area contributed by atoms with Gasteiger partial charge in [0.2, 0.25) is 17.9 Å². The number of hydrogen-bond donors (Lipinski definition) is 1. The van der Waals surface area contributed by atoms with Crippen LogP contribution in [0.4, 0.5) is 5.69 Å². The molecule has 7 nitrogen and oxygen atoms in total. The SMILES string of the molecule is COc1ccc(CON2CCN/C2=N\c2c(Cl)cccc2Cl)[n+]([O-])c1.Cl.Cl. The molecule has 0 amide bonds. The molecule has 1 aliphatic rings. The number of hydrogen-bond acceptors (Lipinski definition) is 4. The molecule has 0 saturated carbocycles. The number of pyridine rings is 1. The Hall–Kier alpha value is -1.64. The number of benzene rings is 1. The van der Waals surface area contributed by atoms with Gasteiger partial charge in [0.25, 0.3) is 0 Å². The fourth-order valence-electron chi connectivity index (χ4n) is 2.26. The van der Waals surface area contributed by atoms with Gasteiger partial charge in [-0.15, -0.1) is 24.8 Å². The largest absolute Gasteiger partial charge is 0.618 e. The van der Waals surface area contributed by atoms with Crippen molar-refractivity contribution >= 4 is 59.7 Å². The number of aliphatic imine (C=N–C) groups is 1. The summed E-state index contributed by atoms with van der Waals surface area (Å²) in [6.45, 7) is 1.32. The van der Waals surface area contributed by atoms with Gasteiger partial charge in [0.15, 0.2) is 12.4 Å². The van der Waals surface area contributed by atoms with Crippen molar-refractivity contribution in [1.29, 1.82) is 0 Å². The van der Waals surface area contributed by atoms with Crippen LogP contribution < -0.4 is 14.8 Å². The zero-order valence-electron chi connectivity index (χ0n) is 14.2. The molecule has 0 atom stereocenters. The minimum absolute atomic E-state index is 0. The minimum Gasteiger partial charge on any atom is -0.618 e. The molecular formula is C16H18Cl4N4O3. The number of guanidine groups is 1. The molecule has 1 aliphatic heterocycles. The number of aromatic nitrogens is 1. The van der Waals surface area contributed by atoms with E-state index >= 15 is 0 Å². The monoisotopic (exact) mass is 454 g/mol. The van der Waals surface area contributed by atoms with Gasteiger partial charge in [-0.2, -0.15) is 4.73 Å². The molecule has 0 radical (unpaired) electrons. The van der Waals surface area contributed by atoms with Crippen LogP contribution in [0.25, 0.3) is 0 Å². The van der Waals surface area contributed by atoms with E-state index in [1.165, 1.54) is 13.3 Å². The maximum absolute atomic E-state index is 11.9. The van der Waals surface area contributed by atoms with E-state index in [2.05, 4.69) is 10.3 Å². The molecule has 1 aromatic carbocycles. The van der Waals surface area contributed by atoms with Crippen LogP contribution in [0.15, 0.2) is 41.5 Å². The van der Waals surface area contributed by atoms with Gasteiger partial charge in [0.1, 0.15) is 5.69 Å². The van der Waals surface area contributed by atoms with E-state index in [0.717, 1.165) is 0 Å². The van der Waals surface area contributed by atoms with Gasteiger partial charge in [0, 0.05) is 12.6 Å². The predicted molar refractivity (Wildman–Crippen MR) is 110 cm³/mol. The number of halogens is 4. The van der Waals surface area contributed by atoms with Crippen molar-refractivity contribution in [3.8, 4) is 5.75 Å². The summed E-state index contributed by atoms with van der Waals surface area (Å²) in [6.07, 6.45) is 1.35. The number of ether oxygens (including phenoxy) is 1. The van der Waals surface area contributed by atoms with E-state index in [0.29, 0.717) is 51.0 Å². The van der Waals surface area contributed by atoms with Crippen molar-refractivity contribution < 1.29 is 14.3 Å². The van der Waals surface area contributed by atoms with Crippen LogP contribution in [0.2, 0.25) is 10.0 Å². The third-order valence-corrected chi connectivity index (χ3v) is 4.17. The van der Waals surface area contributed by atoms with E-state index in [1.807, 2.05) is 0 Å². The van der Waals surface area contributed by atoms with Crippen molar-refractivity contribution in [3.05, 3.63) is 57.5 Å². The summed E-state index contributed by atoms with van der Waals surface area (Å²) in [5.74, 6) is 0.971. The first-order valence-electron chi connectivity index (χ1n) is 7.51. The fourth-order valence-corrected chi connectivity index (χ4v) is 2.74. The van der Waals surface area contributed by atoms with Gasteiger partial charge in [-0.3, -0.25) is 4.84 Å². The van der Waals surface area contributed by atoms with E-state index < -0.39 is 0 Å². The van der Waals surface area contributed by atoms with Gasteiger partial charge in [0.05, 0.1) is 23.7 Å². The zero-order chi connectivity index (χ0) is 17.8. The van der Waals surface area contributed by atoms with Crippen molar-refractivity contribution in [2.75, 3.05) is 20.2 Å². The Morgan fingerprint density at radius 2 is 1.93 bits per heavy atom. The Kier molecular flexibility index (Phi) is 9.21. The normalized spacial score (nSPS) is 14.3. The van der Waals surface area contributed by atoms with Crippen LogP contribution in [0, 0.1) is 5.21 Å². The summed E-state index contributed by atoms with van der Waals surface area (Å²) >= 11 is 12.3. The second-order valence-electron chi connectivity index (χ2n) is 5.19. The molecule has 0 bridgehead atoms. The van der Waals surface area contributed by atoms with E-state index in [9.17, 15) is 5.21 Å². The van der Waals surface area contributed by atoms with E-state index in [1.54, 1.807) is 35.4 Å². The first-order valence-corrected chi connectivity index (χ1v) is 8.27. The summed E-state index contributed by atoms with van der Waals surface area (Å²) in [5.41, 5.74) is 0.912. The molecule has 1 aromatic heterocycles. The van der Waals surface area contributed by atoms with Gasteiger partial charge in [-0.25, -0.2) is 10.1 Å². The zero-order valence-corrected chi connectivity index (χ0v) is 17.4. The molecule has 0 spiro atoms. The highest BCUT2D eigenvalue weighted by Crippen LogP contribution is 2.33. The maximum atomic E-state index is 11.9. The molecule has 2 heterocycles. The lowest BCUT2D eigenvalue weighted by atomic mass is 10.3. The average Bonchev–Trinajstić information content (AvgIpc) is 3.04. The number of hydroxylamine groups is 2. The van der Waals surface area contributed by atoms with Crippen LogP contribution in [0.1, 0.15) is 5.69 Å². The Morgan fingerprint density at radius 1 is 1.22 bits per heavy atom. The smallest absolute Gasteiger partial charge is 0.223 e. The Labute approximate surface area is 179 Å². The van der Waals surface area contributed by atoms with Crippen LogP contribution in [-0.2, 0) is 11.4 Å². The lowest BCUT2D eigenvalue weighted by Crippen LogP contribution is -2.35. The van der Waals surface area contributed by atoms with Crippen molar-refractivity contribution in [2.45, 2.75) is 6.61 Å². The highest BCUT2D eigenvalue weighted by atomic mass is 35.5. The number of rotatable bonds is 5. The average molecular weight is 456 g/mol. The molecule has 3 rings (SSSR count). The number of para-hydroxylation sites is 1. The second-order valence-corrected chi connectivity index (χ2v) is 6.01. The van der Waals surface area contributed by atoms with Gasteiger partial charge in [-0.1, -0.05) is 29.3 Å². The maximum Gasteiger partial charge on any atom is 0.223 e. The minimum atomic E-state index is 0. The Morgan fingerprint density at radius 3 is 2.56 bits per heavy atom. The van der Waals surface area contributed by atoms with Crippen LogP contribution >= 0.6 is 48.0 Å². The topological polar surface area (TPSA) is 73.0 Å². The molecule has 2 aromatic rings.